The number of nitrogens with zero attached hydrogens (tertiary/aromatic N) is 1. The zero-order chi connectivity index (χ0) is 22.6. The highest BCUT2D eigenvalue weighted by Gasteiger charge is 2.47. The molecule has 1 aliphatic heterocycles. The number of aldehydes is 1. The highest BCUT2D eigenvalue weighted by molar-refractivity contribution is 6.03. The van der Waals surface area contributed by atoms with E-state index in [4.69, 9.17) is 4.74 Å². The minimum absolute atomic E-state index is 0.0410. The van der Waals surface area contributed by atoms with Crippen LogP contribution in [0, 0.1) is 5.82 Å². The molecule has 164 valence electrons. The van der Waals surface area contributed by atoms with Gasteiger partial charge < -0.3 is 25.3 Å². The molecule has 0 aromatic heterocycles. The molecular formula is C22H24FN3O5. The Morgan fingerprint density at radius 3 is 2.81 bits per heavy atom. The van der Waals surface area contributed by atoms with Crippen molar-refractivity contribution in [1.29, 1.82) is 0 Å². The number of hydrogen-bond acceptors (Lipinski definition) is 6. The summed E-state index contributed by atoms with van der Waals surface area (Å²) in [6.07, 6.45) is 0.259. The molecule has 0 fully saturated rings. The van der Waals surface area contributed by atoms with Crippen molar-refractivity contribution in [1.82, 2.24) is 10.2 Å². The number of nitrogens with one attached hydrogen (secondary N) is 2. The average molecular weight is 429 g/mol. The van der Waals surface area contributed by atoms with Gasteiger partial charge in [-0.2, -0.15) is 0 Å². The molecule has 2 aromatic rings. The number of fused-ring (bicyclic) bond motifs is 1. The van der Waals surface area contributed by atoms with Crippen LogP contribution in [-0.2, 0) is 22.7 Å². The summed E-state index contributed by atoms with van der Waals surface area (Å²) in [7, 11) is 2.84. The van der Waals surface area contributed by atoms with Crippen LogP contribution in [0.5, 0.6) is 5.75 Å². The Hall–Kier alpha value is -3.46. The van der Waals surface area contributed by atoms with Crippen LogP contribution in [0.3, 0.4) is 0 Å². The van der Waals surface area contributed by atoms with Gasteiger partial charge in [-0.05, 0) is 30.3 Å². The minimum Gasteiger partial charge on any atom is -0.497 e. The van der Waals surface area contributed by atoms with Gasteiger partial charge in [0.05, 0.1) is 13.7 Å². The van der Waals surface area contributed by atoms with Gasteiger partial charge in [-0.3, -0.25) is 14.5 Å². The standard InChI is InChI=1S/C22H24FN3O5/c1-24-21(29)22(30,9-4-10-27)26-13-17-16(20(26)28)5-3-6-19(17)25-12-14-11-15(31-2)7-8-18(14)23/h3,5-8,10-11,25,30H,4,9,12-13H2,1-2H3,(H,24,29). The second kappa shape index (κ2) is 9.13. The zero-order valence-corrected chi connectivity index (χ0v) is 17.3. The van der Waals surface area contributed by atoms with Crippen molar-refractivity contribution in [3.63, 3.8) is 0 Å². The SMILES string of the molecule is CNC(=O)C(O)(CCC=O)N1Cc2c(NCc3cc(OC)ccc3F)cccc2C1=O. The van der Waals surface area contributed by atoms with Crippen molar-refractivity contribution in [2.24, 2.45) is 0 Å². The number of likely N-dealkylation sites (N-methyl/N-ethyl adjacent to an activating group) is 1. The maximum absolute atomic E-state index is 14.1. The van der Waals surface area contributed by atoms with Gasteiger partial charge in [-0.1, -0.05) is 6.07 Å². The normalized spacial score (nSPS) is 14.6. The molecule has 1 heterocycles. The molecule has 1 atom stereocenters. The first kappa shape index (κ1) is 22.2. The summed E-state index contributed by atoms with van der Waals surface area (Å²) >= 11 is 0. The Morgan fingerprint density at radius 1 is 1.35 bits per heavy atom. The lowest BCUT2D eigenvalue weighted by Crippen LogP contribution is -2.58. The van der Waals surface area contributed by atoms with Crippen LogP contribution < -0.4 is 15.4 Å². The summed E-state index contributed by atoms with van der Waals surface area (Å²) in [4.78, 5) is 37.2. The van der Waals surface area contributed by atoms with Crippen LogP contribution in [0.4, 0.5) is 10.1 Å². The van der Waals surface area contributed by atoms with Crippen molar-refractivity contribution < 1.29 is 28.6 Å². The van der Waals surface area contributed by atoms with Crippen molar-refractivity contribution in [3.05, 3.63) is 58.9 Å². The third kappa shape index (κ3) is 4.22. The lowest BCUT2D eigenvalue weighted by atomic mass is 10.0. The number of carbonyl (C=O) groups is 3. The van der Waals surface area contributed by atoms with Crippen LogP contribution in [-0.4, -0.2) is 48.0 Å². The molecular weight excluding hydrogens is 405 g/mol. The second-order valence-corrected chi connectivity index (χ2v) is 7.13. The van der Waals surface area contributed by atoms with Gasteiger partial charge in [-0.15, -0.1) is 0 Å². The van der Waals surface area contributed by atoms with E-state index in [2.05, 4.69) is 10.6 Å². The fourth-order valence-corrected chi connectivity index (χ4v) is 3.63. The average Bonchev–Trinajstić information content (AvgIpc) is 3.14. The van der Waals surface area contributed by atoms with Crippen LogP contribution in [0.1, 0.15) is 34.3 Å². The number of methoxy groups -OCH3 is 1. The molecule has 0 saturated carbocycles. The van der Waals surface area contributed by atoms with E-state index in [1.807, 2.05) is 0 Å². The molecule has 3 N–H and O–H groups in total. The first-order valence-corrected chi connectivity index (χ1v) is 9.74. The molecule has 2 amide bonds. The van der Waals surface area contributed by atoms with Gasteiger partial charge in [-0.25, -0.2) is 4.39 Å². The van der Waals surface area contributed by atoms with E-state index in [-0.39, 0.29) is 25.9 Å². The first-order valence-electron chi connectivity index (χ1n) is 9.74. The van der Waals surface area contributed by atoms with Crippen LogP contribution in [0.15, 0.2) is 36.4 Å². The highest BCUT2D eigenvalue weighted by atomic mass is 19.1. The molecule has 8 nitrogen and oxygen atoms in total. The van der Waals surface area contributed by atoms with Crippen molar-refractivity contribution in [2.75, 3.05) is 19.5 Å². The number of ether oxygens (including phenoxy) is 1. The molecule has 0 bridgehead atoms. The number of hydrogen-bond donors (Lipinski definition) is 3. The van der Waals surface area contributed by atoms with Crippen LogP contribution in [0.25, 0.3) is 0 Å². The Bertz CT molecular complexity index is 1010. The van der Waals surface area contributed by atoms with Gasteiger partial charge in [0.2, 0.25) is 5.72 Å². The molecule has 3 rings (SSSR count). The highest BCUT2D eigenvalue weighted by Crippen LogP contribution is 2.35. The van der Waals surface area contributed by atoms with E-state index in [0.717, 1.165) is 4.90 Å². The lowest BCUT2D eigenvalue weighted by molar-refractivity contribution is -0.159. The molecule has 1 aliphatic rings. The molecule has 31 heavy (non-hydrogen) atoms. The van der Waals surface area contributed by atoms with E-state index < -0.39 is 23.4 Å². The number of amides is 2. The number of halogens is 1. The van der Waals surface area contributed by atoms with Gasteiger partial charge >= 0.3 is 0 Å². The zero-order valence-electron chi connectivity index (χ0n) is 17.3. The molecule has 0 spiro atoms. The third-order valence-electron chi connectivity index (χ3n) is 5.34. The fourth-order valence-electron chi connectivity index (χ4n) is 3.63. The Labute approximate surface area is 179 Å². The van der Waals surface area contributed by atoms with Crippen molar-refractivity contribution in [2.45, 2.75) is 31.7 Å². The number of carbonyl (C=O) groups excluding carboxylic acids is 3. The van der Waals surface area contributed by atoms with Gasteiger partial charge in [0, 0.05) is 48.8 Å². The van der Waals surface area contributed by atoms with E-state index in [9.17, 15) is 23.9 Å². The predicted molar refractivity (Wildman–Crippen MR) is 111 cm³/mol. The smallest absolute Gasteiger partial charge is 0.273 e. The Balaban J connectivity index is 1.87. The number of anilines is 1. The van der Waals surface area contributed by atoms with E-state index >= 15 is 0 Å². The summed E-state index contributed by atoms with van der Waals surface area (Å²) in [5.41, 5.74) is -0.313. The van der Waals surface area contributed by atoms with E-state index in [0.29, 0.717) is 34.4 Å². The Morgan fingerprint density at radius 2 is 2.13 bits per heavy atom. The molecule has 2 aromatic carbocycles. The Kier molecular flexibility index (Phi) is 6.55. The number of rotatable bonds is 9. The van der Waals surface area contributed by atoms with E-state index in [1.165, 1.54) is 26.3 Å². The van der Waals surface area contributed by atoms with Gasteiger partial charge in [0.25, 0.3) is 11.8 Å². The maximum Gasteiger partial charge on any atom is 0.273 e. The minimum atomic E-state index is -2.16. The maximum atomic E-state index is 14.1. The van der Waals surface area contributed by atoms with Crippen LogP contribution in [0.2, 0.25) is 0 Å². The van der Waals surface area contributed by atoms with Gasteiger partial charge in [0.15, 0.2) is 0 Å². The van der Waals surface area contributed by atoms with Gasteiger partial charge in [0.1, 0.15) is 17.9 Å². The van der Waals surface area contributed by atoms with Crippen molar-refractivity contribution in [3.8, 4) is 5.75 Å². The summed E-state index contributed by atoms with van der Waals surface area (Å²) in [6, 6.07) is 9.40. The van der Waals surface area contributed by atoms with Crippen LogP contribution >= 0.6 is 0 Å². The van der Waals surface area contributed by atoms with Crippen molar-refractivity contribution >= 4 is 23.8 Å². The number of aliphatic hydroxyl groups is 1. The summed E-state index contributed by atoms with van der Waals surface area (Å²) in [5, 5.41) is 16.5. The summed E-state index contributed by atoms with van der Waals surface area (Å²) < 4.78 is 19.3. The quantitative estimate of drug-likeness (QED) is 0.525. The molecule has 0 saturated heterocycles. The summed E-state index contributed by atoms with van der Waals surface area (Å²) in [5.74, 6) is -1.18. The first-order chi connectivity index (χ1) is 14.8. The monoisotopic (exact) mass is 429 g/mol. The topological polar surface area (TPSA) is 108 Å². The summed E-state index contributed by atoms with van der Waals surface area (Å²) in [6.45, 7) is 0.0965. The number of benzene rings is 2. The molecule has 0 radical (unpaired) electrons. The molecule has 1 unspecified atom stereocenters. The predicted octanol–water partition coefficient (Wildman–Crippen LogP) is 1.82. The molecule has 0 aliphatic carbocycles. The van der Waals surface area contributed by atoms with E-state index in [1.54, 1.807) is 24.3 Å². The molecule has 9 heteroatoms. The fraction of sp³-hybridized carbons (Fsp3) is 0.318. The second-order valence-electron chi connectivity index (χ2n) is 7.13. The lowest BCUT2D eigenvalue weighted by Gasteiger charge is -2.35. The largest absolute Gasteiger partial charge is 0.497 e. The third-order valence-corrected chi connectivity index (χ3v) is 5.34.